The lowest BCUT2D eigenvalue weighted by Gasteiger charge is -2.12. The van der Waals surface area contributed by atoms with Gasteiger partial charge in [0.25, 0.3) is 5.91 Å². The van der Waals surface area contributed by atoms with Gasteiger partial charge in [0.1, 0.15) is 0 Å². The Morgan fingerprint density at radius 1 is 1.14 bits per heavy atom. The average molecular weight is 399 g/mol. The third kappa shape index (κ3) is 5.16. The van der Waals surface area contributed by atoms with Crippen LogP contribution in [0.2, 0.25) is 0 Å². The highest BCUT2D eigenvalue weighted by atomic mass is 32.2. The molecule has 2 aromatic carbocycles. The number of carbonyl (C=O) groups is 1. The Bertz CT molecular complexity index is 958. The highest BCUT2D eigenvalue weighted by Crippen LogP contribution is 2.16. The molecular weight excluding hydrogens is 378 g/mol. The van der Waals surface area contributed by atoms with Gasteiger partial charge in [-0.25, -0.2) is 13.1 Å². The van der Waals surface area contributed by atoms with Gasteiger partial charge in [0.2, 0.25) is 10.0 Å². The summed E-state index contributed by atoms with van der Waals surface area (Å²) in [6.45, 7) is 0.906. The molecule has 1 atom stereocenters. The number of hydrogen-bond donors (Lipinski definition) is 2. The molecule has 0 spiro atoms. The number of benzene rings is 2. The van der Waals surface area contributed by atoms with E-state index in [0.717, 1.165) is 18.4 Å². The maximum Gasteiger partial charge on any atom is 0.255 e. The van der Waals surface area contributed by atoms with E-state index in [-0.39, 0.29) is 23.5 Å². The zero-order valence-electron chi connectivity index (χ0n) is 15.2. The fourth-order valence-corrected chi connectivity index (χ4v) is 3.94. The molecular formula is C20H21N3O4S. The summed E-state index contributed by atoms with van der Waals surface area (Å²) in [7, 11) is -3.65. The van der Waals surface area contributed by atoms with Crippen LogP contribution in [0.4, 0.5) is 5.69 Å². The number of nitriles is 1. The molecule has 1 amide bonds. The largest absolute Gasteiger partial charge is 0.377 e. The van der Waals surface area contributed by atoms with Crippen LogP contribution in [0.15, 0.2) is 53.4 Å². The molecule has 28 heavy (non-hydrogen) atoms. The van der Waals surface area contributed by atoms with Gasteiger partial charge in [-0.3, -0.25) is 4.79 Å². The van der Waals surface area contributed by atoms with Gasteiger partial charge in [-0.2, -0.15) is 5.26 Å². The molecule has 0 aromatic heterocycles. The van der Waals surface area contributed by atoms with Crippen molar-refractivity contribution in [2.24, 2.45) is 0 Å². The fraction of sp³-hybridized carbons (Fsp3) is 0.300. The molecule has 0 saturated carbocycles. The molecule has 0 bridgehead atoms. The topological polar surface area (TPSA) is 108 Å². The molecule has 146 valence electrons. The summed E-state index contributed by atoms with van der Waals surface area (Å²) in [6.07, 6.45) is 2.01. The summed E-state index contributed by atoms with van der Waals surface area (Å²) in [5, 5.41) is 11.4. The molecule has 1 saturated heterocycles. The van der Waals surface area contributed by atoms with Crippen molar-refractivity contribution in [3.63, 3.8) is 0 Å². The molecule has 0 radical (unpaired) electrons. The number of rotatable bonds is 7. The Morgan fingerprint density at radius 2 is 1.86 bits per heavy atom. The lowest BCUT2D eigenvalue weighted by molar-refractivity contribution is 0.102. The fourth-order valence-electron chi connectivity index (χ4n) is 2.88. The molecule has 2 N–H and O–H groups in total. The van der Waals surface area contributed by atoms with Crippen molar-refractivity contribution in [1.29, 1.82) is 5.26 Å². The van der Waals surface area contributed by atoms with Gasteiger partial charge in [-0.1, -0.05) is 12.1 Å². The predicted molar refractivity (Wildman–Crippen MR) is 104 cm³/mol. The summed E-state index contributed by atoms with van der Waals surface area (Å²) in [4.78, 5) is 12.4. The zero-order chi connectivity index (χ0) is 20.0. The van der Waals surface area contributed by atoms with Crippen LogP contribution in [0.1, 0.15) is 28.8 Å². The van der Waals surface area contributed by atoms with Crippen LogP contribution in [0.25, 0.3) is 0 Å². The molecule has 1 heterocycles. The van der Waals surface area contributed by atoms with Gasteiger partial charge in [-0.15, -0.1) is 0 Å². The second kappa shape index (κ2) is 8.97. The molecule has 1 fully saturated rings. The van der Waals surface area contributed by atoms with E-state index in [2.05, 4.69) is 16.1 Å². The first-order valence-corrected chi connectivity index (χ1v) is 10.4. The molecule has 8 heteroatoms. The van der Waals surface area contributed by atoms with E-state index in [0.29, 0.717) is 24.3 Å². The van der Waals surface area contributed by atoms with Gasteiger partial charge in [0, 0.05) is 24.4 Å². The van der Waals surface area contributed by atoms with Gasteiger partial charge in [0.15, 0.2) is 0 Å². The van der Waals surface area contributed by atoms with Crippen LogP contribution >= 0.6 is 0 Å². The quantitative estimate of drug-likeness (QED) is 0.743. The molecule has 0 unspecified atom stereocenters. The second-order valence-corrected chi connectivity index (χ2v) is 8.26. The van der Waals surface area contributed by atoms with Crippen LogP contribution in [0, 0.1) is 11.3 Å². The average Bonchev–Trinajstić information content (AvgIpc) is 3.22. The second-order valence-electron chi connectivity index (χ2n) is 6.50. The maximum atomic E-state index is 12.4. The van der Waals surface area contributed by atoms with E-state index < -0.39 is 10.0 Å². The van der Waals surface area contributed by atoms with Crippen LogP contribution in [0.3, 0.4) is 0 Å². The van der Waals surface area contributed by atoms with Crippen LogP contribution in [0.5, 0.6) is 0 Å². The number of nitrogens with one attached hydrogen (secondary N) is 2. The van der Waals surface area contributed by atoms with Crippen LogP contribution in [-0.2, 0) is 21.2 Å². The summed E-state index contributed by atoms with van der Waals surface area (Å²) >= 11 is 0. The maximum absolute atomic E-state index is 12.4. The standard InChI is InChI=1S/C20H21N3O4S/c21-12-11-15-3-7-17(8-4-15)23-20(24)16-5-9-19(10-6-16)28(25,26)22-14-18-2-1-13-27-18/h3-10,18,22H,1-2,11,13-14H2,(H,23,24)/t18-/m0/s1. The number of hydrogen-bond acceptors (Lipinski definition) is 5. The minimum atomic E-state index is -3.65. The SMILES string of the molecule is N#CCc1ccc(NC(=O)c2ccc(S(=O)(=O)NC[C@@H]3CCCO3)cc2)cc1. The van der Waals surface area contributed by atoms with E-state index in [4.69, 9.17) is 10.00 Å². The number of sulfonamides is 1. The van der Waals surface area contributed by atoms with Crippen molar-refractivity contribution in [2.45, 2.75) is 30.3 Å². The number of amides is 1. The first-order chi connectivity index (χ1) is 13.5. The van der Waals surface area contributed by atoms with Gasteiger partial charge >= 0.3 is 0 Å². The zero-order valence-corrected chi connectivity index (χ0v) is 16.0. The number of anilines is 1. The Balaban J connectivity index is 1.61. The molecule has 2 aromatic rings. The minimum Gasteiger partial charge on any atom is -0.377 e. The van der Waals surface area contributed by atoms with Crippen molar-refractivity contribution in [2.75, 3.05) is 18.5 Å². The Hall–Kier alpha value is -2.73. The number of nitrogens with zero attached hydrogens (tertiary/aromatic N) is 1. The number of carbonyl (C=O) groups excluding carboxylic acids is 1. The van der Waals surface area contributed by atoms with Crippen molar-refractivity contribution in [1.82, 2.24) is 4.72 Å². The van der Waals surface area contributed by atoms with E-state index >= 15 is 0 Å². The Morgan fingerprint density at radius 3 is 2.46 bits per heavy atom. The molecule has 1 aliphatic rings. The molecule has 7 nitrogen and oxygen atoms in total. The van der Waals surface area contributed by atoms with Crippen LogP contribution in [-0.4, -0.2) is 33.6 Å². The monoisotopic (exact) mass is 399 g/mol. The number of ether oxygens (including phenoxy) is 1. The van der Waals surface area contributed by atoms with E-state index in [1.54, 1.807) is 24.3 Å². The van der Waals surface area contributed by atoms with E-state index in [1.165, 1.54) is 24.3 Å². The van der Waals surface area contributed by atoms with Crippen molar-refractivity contribution >= 4 is 21.6 Å². The minimum absolute atomic E-state index is 0.0839. The third-order valence-corrected chi connectivity index (χ3v) is 5.89. The van der Waals surface area contributed by atoms with Gasteiger partial charge in [0.05, 0.1) is 23.5 Å². The molecule has 3 rings (SSSR count). The van der Waals surface area contributed by atoms with Crippen molar-refractivity contribution in [3.8, 4) is 6.07 Å². The van der Waals surface area contributed by atoms with E-state index in [9.17, 15) is 13.2 Å². The van der Waals surface area contributed by atoms with Gasteiger partial charge < -0.3 is 10.1 Å². The first kappa shape index (κ1) is 20.0. The third-order valence-electron chi connectivity index (χ3n) is 4.45. The van der Waals surface area contributed by atoms with Gasteiger partial charge in [-0.05, 0) is 54.8 Å². The highest BCUT2D eigenvalue weighted by molar-refractivity contribution is 7.89. The normalized spacial score (nSPS) is 16.5. The van der Waals surface area contributed by atoms with Crippen molar-refractivity contribution in [3.05, 3.63) is 59.7 Å². The summed E-state index contributed by atoms with van der Waals surface area (Å²) in [5.41, 5.74) is 1.81. The summed E-state index contributed by atoms with van der Waals surface area (Å²) in [6, 6.07) is 14.8. The molecule has 0 aliphatic carbocycles. The lowest BCUT2D eigenvalue weighted by Crippen LogP contribution is -2.31. The van der Waals surface area contributed by atoms with Crippen molar-refractivity contribution < 1.29 is 17.9 Å². The summed E-state index contributed by atoms with van der Waals surface area (Å²) < 4.78 is 32.7. The lowest BCUT2D eigenvalue weighted by atomic mass is 10.1. The highest BCUT2D eigenvalue weighted by Gasteiger charge is 2.20. The van der Waals surface area contributed by atoms with E-state index in [1.807, 2.05) is 0 Å². The predicted octanol–water partition coefficient (Wildman–Crippen LogP) is 2.46. The smallest absolute Gasteiger partial charge is 0.255 e. The summed E-state index contributed by atoms with van der Waals surface area (Å²) in [5.74, 6) is -0.343. The first-order valence-electron chi connectivity index (χ1n) is 8.96. The Labute approximate surface area is 164 Å². The Kier molecular flexibility index (Phi) is 6.41. The molecule has 1 aliphatic heterocycles. The van der Waals surface area contributed by atoms with Crippen LogP contribution < -0.4 is 10.0 Å².